The Hall–Kier alpha value is -1.31. The third-order valence-corrected chi connectivity index (χ3v) is 2.53. The maximum absolute atomic E-state index is 11.0. The summed E-state index contributed by atoms with van der Waals surface area (Å²) in [4.78, 5) is 11.0. The second-order valence-corrected chi connectivity index (χ2v) is 3.52. The predicted octanol–water partition coefficient (Wildman–Crippen LogP) is 1.92. The Bertz CT molecular complexity index is 319. The van der Waals surface area contributed by atoms with Gasteiger partial charge < -0.3 is 4.74 Å². The molecule has 0 saturated carbocycles. The Morgan fingerprint density at radius 1 is 1.36 bits per heavy atom. The highest BCUT2D eigenvalue weighted by Gasteiger charge is 2.23. The van der Waals surface area contributed by atoms with E-state index in [1.165, 1.54) is 17.5 Å². The fraction of sp³-hybridized carbons (Fsp3) is 0.333. The Labute approximate surface area is 83.9 Å². The van der Waals surface area contributed by atoms with E-state index in [4.69, 9.17) is 4.74 Å². The lowest BCUT2D eigenvalue weighted by Crippen LogP contribution is -2.17. The van der Waals surface area contributed by atoms with Crippen molar-refractivity contribution in [3.63, 3.8) is 0 Å². The molecule has 0 N–H and O–H groups in total. The summed E-state index contributed by atoms with van der Waals surface area (Å²) < 4.78 is 5.25. The summed E-state index contributed by atoms with van der Waals surface area (Å²) in [6.45, 7) is 1.70. The molecule has 0 aliphatic heterocycles. The van der Waals surface area contributed by atoms with Gasteiger partial charge in [0.2, 0.25) is 0 Å². The number of ether oxygens (including phenoxy) is 1. The lowest BCUT2D eigenvalue weighted by molar-refractivity contribution is -0.144. The molecule has 2 rings (SSSR count). The van der Waals surface area contributed by atoms with E-state index in [0.717, 1.165) is 12.8 Å². The van der Waals surface area contributed by atoms with Gasteiger partial charge in [0.25, 0.3) is 0 Å². The van der Waals surface area contributed by atoms with Crippen LogP contribution < -0.4 is 0 Å². The van der Waals surface area contributed by atoms with Crippen LogP contribution in [0.3, 0.4) is 0 Å². The number of benzene rings is 1. The molecule has 14 heavy (non-hydrogen) atoms. The van der Waals surface area contributed by atoms with Gasteiger partial charge in [-0.1, -0.05) is 31.2 Å². The van der Waals surface area contributed by atoms with Gasteiger partial charge in [0.15, 0.2) is 0 Å². The van der Waals surface area contributed by atoms with Crippen LogP contribution >= 0.6 is 0 Å². The lowest BCUT2D eigenvalue weighted by Gasteiger charge is -2.09. The summed E-state index contributed by atoms with van der Waals surface area (Å²) in [7, 11) is 0. The number of rotatable bonds is 2. The second kappa shape index (κ2) is 3.82. The van der Waals surface area contributed by atoms with E-state index in [1.54, 1.807) is 6.92 Å². The minimum absolute atomic E-state index is 0.0381. The first-order valence-corrected chi connectivity index (χ1v) is 4.86. The lowest BCUT2D eigenvalue weighted by atomic mass is 10.1. The predicted molar refractivity (Wildman–Crippen MR) is 53.7 cm³/mol. The summed E-state index contributed by atoms with van der Waals surface area (Å²) in [5.74, 6) is -0.220. The first-order valence-electron chi connectivity index (χ1n) is 4.86. The van der Waals surface area contributed by atoms with E-state index in [9.17, 15) is 4.79 Å². The van der Waals surface area contributed by atoms with Crippen LogP contribution in [0.25, 0.3) is 0 Å². The van der Waals surface area contributed by atoms with Crippen molar-refractivity contribution in [3.8, 4) is 0 Å². The fourth-order valence-corrected chi connectivity index (χ4v) is 1.83. The number of carbonyl (C=O) groups excluding carboxylic acids is 1. The Morgan fingerprint density at radius 3 is 2.43 bits per heavy atom. The summed E-state index contributed by atoms with van der Waals surface area (Å²) in [6, 6.07) is 8.24. The highest BCUT2D eigenvalue weighted by Crippen LogP contribution is 2.23. The first-order chi connectivity index (χ1) is 6.79. The number of carbonyl (C=O) groups is 1. The molecule has 1 radical (unpaired) electrons. The minimum atomic E-state index is -0.220. The van der Waals surface area contributed by atoms with Gasteiger partial charge in [-0.2, -0.15) is 0 Å². The van der Waals surface area contributed by atoms with E-state index in [1.807, 2.05) is 12.1 Å². The van der Waals surface area contributed by atoms with Crippen LogP contribution in [0.1, 0.15) is 18.1 Å². The molecular formula is C12H13O2. The second-order valence-electron chi connectivity index (χ2n) is 3.52. The number of hydrogen-bond donors (Lipinski definition) is 0. The standard InChI is InChI=1S/C12H13O2/c1-2-12(13)14-11-7-9-5-3-4-6-10(9)8-11/h2-6,11H,7-8H2,1H3. The molecule has 2 nitrogen and oxygen atoms in total. The van der Waals surface area contributed by atoms with Crippen molar-refractivity contribution in [1.29, 1.82) is 0 Å². The number of fused-ring (bicyclic) bond motifs is 1. The Morgan fingerprint density at radius 2 is 1.93 bits per heavy atom. The van der Waals surface area contributed by atoms with Crippen molar-refractivity contribution < 1.29 is 9.53 Å². The molecular weight excluding hydrogens is 176 g/mol. The monoisotopic (exact) mass is 189 g/mol. The molecule has 0 bridgehead atoms. The van der Waals surface area contributed by atoms with Crippen LogP contribution in [-0.2, 0) is 22.4 Å². The fourth-order valence-electron chi connectivity index (χ4n) is 1.83. The number of hydrogen-bond acceptors (Lipinski definition) is 2. The third kappa shape index (κ3) is 1.79. The SMILES string of the molecule is C[CH]C(=O)OC1Cc2ccccc2C1. The molecule has 1 aromatic carbocycles. The average Bonchev–Trinajstić information content (AvgIpc) is 2.59. The molecule has 1 aliphatic rings. The highest BCUT2D eigenvalue weighted by atomic mass is 16.5. The van der Waals surface area contributed by atoms with Crippen molar-refractivity contribution >= 4 is 5.97 Å². The van der Waals surface area contributed by atoms with Gasteiger partial charge in [0.1, 0.15) is 6.10 Å². The maximum Gasteiger partial charge on any atom is 0.309 e. The van der Waals surface area contributed by atoms with E-state index in [0.29, 0.717) is 0 Å². The molecule has 0 aromatic heterocycles. The van der Waals surface area contributed by atoms with E-state index >= 15 is 0 Å². The van der Waals surface area contributed by atoms with Crippen LogP contribution in [0, 0.1) is 6.42 Å². The quantitative estimate of drug-likeness (QED) is 0.664. The average molecular weight is 189 g/mol. The molecule has 1 aromatic rings. The van der Waals surface area contributed by atoms with Crippen molar-refractivity contribution in [1.82, 2.24) is 0 Å². The van der Waals surface area contributed by atoms with Crippen molar-refractivity contribution in [2.24, 2.45) is 0 Å². The van der Waals surface area contributed by atoms with Crippen LogP contribution in [0.5, 0.6) is 0 Å². The molecule has 0 unspecified atom stereocenters. The van der Waals surface area contributed by atoms with Gasteiger partial charge >= 0.3 is 5.97 Å². The molecule has 0 saturated heterocycles. The maximum atomic E-state index is 11.0. The summed E-state index contributed by atoms with van der Waals surface area (Å²) in [5, 5.41) is 0. The highest BCUT2D eigenvalue weighted by molar-refractivity contribution is 5.78. The van der Waals surface area contributed by atoms with Gasteiger partial charge in [-0.05, 0) is 11.1 Å². The van der Waals surface area contributed by atoms with E-state index in [2.05, 4.69) is 12.1 Å². The zero-order valence-electron chi connectivity index (χ0n) is 8.19. The summed E-state index contributed by atoms with van der Waals surface area (Å²) in [6.07, 6.45) is 3.21. The van der Waals surface area contributed by atoms with Crippen molar-refractivity contribution in [2.45, 2.75) is 25.9 Å². The first kappa shape index (κ1) is 9.25. The normalized spacial score (nSPS) is 15.2. The van der Waals surface area contributed by atoms with Gasteiger partial charge in [-0.3, -0.25) is 4.79 Å². The summed E-state index contributed by atoms with van der Waals surface area (Å²) in [5.41, 5.74) is 2.61. The van der Waals surface area contributed by atoms with Gasteiger partial charge in [0, 0.05) is 12.8 Å². The molecule has 0 atom stereocenters. The molecule has 0 heterocycles. The molecule has 0 spiro atoms. The molecule has 73 valence electrons. The molecule has 1 aliphatic carbocycles. The molecule has 2 heteroatoms. The number of esters is 1. The van der Waals surface area contributed by atoms with Crippen molar-refractivity contribution in [2.75, 3.05) is 0 Å². The minimum Gasteiger partial charge on any atom is -0.461 e. The smallest absolute Gasteiger partial charge is 0.309 e. The largest absolute Gasteiger partial charge is 0.461 e. The molecule has 0 amide bonds. The van der Waals surface area contributed by atoms with Crippen LogP contribution in [0.4, 0.5) is 0 Å². The van der Waals surface area contributed by atoms with Gasteiger partial charge in [0.05, 0.1) is 6.42 Å². The Balaban J connectivity index is 2.01. The molecule has 0 fully saturated rings. The topological polar surface area (TPSA) is 26.3 Å². The van der Waals surface area contributed by atoms with Crippen LogP contribution in [0.15, 0.2) is 24.3 Å². The van der Waals surface area contributed by atoms with Crippen LogP contribution in [0.2, 0.25) is 0 Å². The van der Waals surface area contributed by atoms with Gasteiger partial charge in [-0.15, -0.1) is 0 Å². The van der Waals surface area contributed by atoms with Crippen LogP contribution in [-0.4, -0.2) is 12.1 Å². The zero-order valence-corrected chi connectivity index (χ0v) is 8.19. The Kier molecular flexibility index (Phi) is 2.53. The van der Waals surface area contributed by atoms with Crippen molar-refractivity contribution in [3.05, 3.63) is 41.8 Å². The van der Waals surface area contributed by atoms with Gasteiger partial charge in [-0.25, -0.2) is 0 Å². The summed E-state index contributed by atoms with van der Waals surface area (Å²) >= 11 is 0. The van der Waals surface area contributed by atoms with E-state index < -0.39 is 0 Å². The van der Waals surface area contributed by atoms with E-state index in [-0.39, 0.29) is 12.1 Å². The third-order valence-electron chi connectivity index (χ3n) is 2.53. The zero-order chi connectivity index (χ0) is 9.97.